The van der Waals surface area contributed by atoms with Crippen molar-refractivity contribution < 1.29 is 31.9 Å². The van der Waals surface area contributed by atoms with Crippen molar-refractivity contribution in [2.24, 2.45) is 0 Å². The van der Waals surface area contributed by atoms with Crippen molar-refractivity contribution in [2.75, 3.05) is 23.8 Å². The Bertz CT molecular complexity index is 1320. The van der Waals surface area contributed by atoms with E-state index in [1.54, 1.807) is 6.92 Å². The van der Waals surface area contributed by atoms with Gasteiger partial charge < -0.3 is 19.8 Å². The third-order valence-electron chi connectivity index (χ3n) is 5.42. The van der Waals surface area contributed by atoms with E-state index >= 15 is 4.39 Å². The molecule has 1 heterocycles. The summed E-state index contributed by atoms with van der Waals surface area (Å²) in [5, 5.41) is -0.436. The molecule has 7 nitrogen and oxygen atoms in total. The molecule has 0 saturated heterocycles. The number of anilines is 2. The summed E-state index contributed by atoms with van der Waals surface area (Å²) in [6.45, 7) is 3.58. The lowest BCUT2D eigenvalue weighted by atomic mass is 10.1. The van der Waals surface area contributed by atoms with Crippen molar-refractivity contribution in [3.05, 3.63) is 58.0 Å². The molecule has 1 amide bonds. The van der Waals surface area contributed by atoms with E-state index < -0.39 is 39.5 Å². The summed E-state index contributed by atoms with van der Waals surface area (Å²) in [6, 6.07) is 5.30. The number of hydrogen-bond acceptors (Lipinski definition) is 6. The normalized spacial score (nSPS) is 11.0. The summed E-state index contributed by atoms with van der Waals surface area (Å²) in [5.41, 5.74) is 3.82. The second kappa shape index (κ2) is 11.1. The van der Waals surface area contributed by atoms with Gasteiger partial charge in [0, 0.05) is 37.6 Å². The van der Waals surface area contributed by atoms with Gasteiger partial charge in [-0.15, -0.1) is 0 Å². The summed E-state index contributed by atoms with van der Waals surface area (Å²) >= 11 is 0. The highest BCUT2D eigenvalue weighted by molar-refractivity contribution is 5.92. The van der Waals surface area contributed by atoms with Gasteiger partial charge in [-0.2, -0.15) is 0 Å². The second-order valence-electron chi connectivity index (χ2n) is 7.89. The van der Waals surface area contributed by atoms with E-state index in [1.807, 2.05) is 0 Å². The average Bonchev–Trinajstić information content (AvgIpc) is 2.80. The highest BCUT2D eigenvalue weighted by Crippen LogP contribution is 2.31. The molecule has 186 valence electrons. The third-order valence-corrected chi connectivity index (χ3v) is 5.42. The Morgan fingerprint density at radius 3 is 2.43 bits per heavy atom. The van der Waals surface area contributed by atoms with Gasteiger partial charge in [-0.1, -0.05) is 6.42 Å². The molecule has 0 atom stereocenters. The Kier molecular flexibility index (Phi) is 8.16. The number of nitrogens with zero attached hydrogens (tertiary/aromatic N) is 1. The Morgan fingerprint density at radius 2 is 1.77 bits per heavy atom. The van der Waals surface area contributed by atoms with Gasteiger partial charge in [-0.05, 0) is 38.0 Å². The number of halogens is 3. The molecular formula is C25H25F3N2O5. The number of esters is 1. The predicted molar refractivity (Wildman–Crippen MR) is 125 cm³/mol. The number of nitrogens with two attached hydrogens (primary N) is 1. The highest BCUT2D eigenvalue weighted by atomic mass is 19.1. The Balaban J connectivity index is 1.82. The lowest BCUT2D eigenvalue weighted by Crippen LogP contribution is -2.30. The molecule has 0 aliphatic rings. The van der Waals surface area contributed by atoms with Gasteiger partial charge in [0.25, 0.3) is 0 Å². The molecule has 2 N–H and O–H groups in total. The van der Waals surface area contributed by atoms with E-state index in [0.717, 1.165) is 12.1 Å². The van der Waals surface area contributed by atoms with Crippen LogP contribution >= 0.6 is 0 Å². The number of unbranched alkanes of at least 4 members (excludes halogenated alkanes) is 2. The first kappa shape index (κ1) is 25.8. The van der Waals surface area contributed by atoms with Crippen molar-refractivity contribution >= 4 is 34.2 Å². The molecule has 0 spiro atoms. The first-order chi connectivity index (χ1) is 16.6. The number of amides is 1. The van der Waals surface area contributed by atoms with Crippen molar-refractivity contribution in [3.8, 4) is 11.3 Å². The number of carbonyl (C=O) groups is 2. The molecule has 0 fully saturated rings. The van der Waals surface area contributed by atoms with Gasteiger partial charge in [0.2, 0.25) is 5.91 Å². The van der Waals surface area contributed by atoms with Crippen LogP contribution in [0.1, 0.15) is 39.5 Å². The number of ether oxygens (including phenoxy) is 1. The monoisotopic (exact) mass is 490 g/mol. The van der Waals surface area contributed by atoms with Gasteiger partial charge in [-0.3, -0.25) is 14.4 Å². The lowest BCUT2D eigenvalue weighted by molar-refractivity contribution is -0.143. The van der Waals surface area contributed by atoms with Crippen LogP contribution < -0.4 is 16.1 Å². The number of benzene rings is 2. The SMILES string of the molecule is CCOC(=O)CCCCCN(C(C)=O)c1ccc(-c2cc(=O)c3c(N)c(F)cc(F)c3o2)cc1F. The van der Waals surface area contributed by atoms with Gasteiger partial charge in [0.1, 0.15) is 17.4 Å². The van der Waals surface area contributed by atoms with Crippen LogP contribution in [-0.2, 0) is 14.3 Å². The quantitative estimate of drug-likeness (QED) is 0.259. The number of fused-ring (bicyclic) bond motifs is 1. The minimum Gasteiger partial charge on any atom is -0.466 e. The molecule has 2 aromatic carbocycles. The summed E-state index contributed by atoms with van der Waals surface area (Å²) in [5.74, 6) is -3.77. The average molecular weight is 490 g/mol. The Labute approximate surface area is 199 Å². The van der Waals surface area contributed by atoms with Gasteiger partial charge in [-0.25, -0.2) is 13.2 Å². The van der Waals surface area contributed by atoms with Crippen LogP contribution in [0, 0.1) is 17.5 Å². The summed E-state index contributed by atoms with van der Waals surface area (Å²) in [6.07, 6.45) is 2.03. The minimum atomic E-state index is -1.12. The number of nitrogen functional groups attached to an aromatic ring is 1. The fraction of sp³-hybridized carbons (Fsp3) is 0.320. The molecule has 0 unspecified atom stereocenters. The van der Waals surface area contributed by atoms with E-state index in [9.17, 15) is 23.2 Å². The molecule has 0 aliphatic carbocycles. The fourth-order valence-electron chi connectivity index (χ4n) is 3.71. The van der Waals surface area contributed by atoms with E-state index in [4.69, 9.17) is 14.9 Å². The largest absolute Gasteiger partial charge is 0.466 e. The fourth-order valence-corrected chi connectivity index (χ4v) is 3.71. The maximum Gasteiger partial charge on any atom is 0.305 e. The summed E-state index contributed by atoms with van der Waals surface area (Å²) in [4.78, 5) is 37.3. The van der Waals surface area contributed by atoms with Crippen molar-refractivity contribution in [2.45, 2.75) is 39.5 Å². The third kappa shape index (κ3) is 5.82. The summed E-state index contributed by atoms with van der Waals surface area (Å²) < 4.78 is 53.2. The maximum absolute atomic E-state index is 15.0. The zero-order chi connectivity index (χ0) is 25.7. The standard InChI is InChI=1S/C25H25F3N2O5/c1-3-34-22(33)7-5-4-6-10-30(14(2)31)19-9-8-15(11-16(19)26)21-13-20(32)23-24(29)17(27)12-18(28)25(23)35-21/h8-9,11-13H,3-7,10,29H2,1-2H3. The molecule has 0 radical (unpaired) electrons. The van der Waals surface area contributed by atoms with Gasteiger partial charge >= 0.3 is 5.97 Å². The zero-order valence-corrected chi connectivity index (χ0v) is 19.3. The topological polar surface area (TPSA) is 103 Å². The van der Waals surface area contributed by atoms with Crippen LogP contribution in [0.5, 0.6) is 0 Å². The highest BCUT2D eigenvalue weighted by Gasteiger charge is 2.20. The molecule has 0 aliphatic heterocycles. The van der Waals surface area contributed by atoms with E-state index in [2.05, 4.69) is 0 Å². The van der Waals surface area contributed by atoms with Crippen LogP contribution in [0.15, 0.2) is 39.5 Å². The molecular weight excluding hydrogens is 465 g/mol. The molecule has 0 saturated carbocycles. The van der Waals surface area contributed by atoms with Crippen LogP contribution in [0.25, 0.3) is 22.3 Å². The molecule has 3 aromatic rings. The van der Waals surface area contributed by atoms with Crippen molar-refractivity contribution in [3.63, 3.8) is 0 Å². The molecule has 10 heteroatoms. The van der Waals surface area contributed by atoms with Gasteiger partial charge in [0.15, 0.2) is 16.8 Å². The molecule has 3 rings (SSSR count). The van der Waals surface area contributed by atoms with Crippen LogP contribution in [0.2, 0.25) is 0 Å². The maximum atomic E-state index is 15.0. The Hall–Kier alpha value is -3.82. The molecule has 1 aromatic heterocycles. The zero-order valence-electron chi connectivity index (χ0n) is 19.3. The van der Waals surface area contributed by atoms with Crippen LogP contribution in [0.4, 0.5) is 24.5 Å². The van der Waals surface area contributed by atoms with E-state index in [1.165, 1.54) is 24.0 Å². The second-order valence-corrected chi connectivity index (χ2v) is 7.89. The first-order valence-electron chi connectivity index (χ1n) is 11.1. The van der Waals surface area contributed by atoms with Crippen LogP contribution in [-0.4, -0.2) is 25.0 Å². The Morgan fingerprint density at radius 1 is 1.03 bits per heavy atom. The molecule has 35 heavy (non-hydrogen) atoms. The van der Waals surface area contributed by atoms with E-state index in [0.29, 0.717) is 31.9 Å². The number of hydrogen-bond donors (Lipinski definition) is 1. The van der Waals surface area contributed by atoms with E-state index in [-0.39, 0.29) is 41.9 Å². The summed E-state index contributed by atoms with van der Waals surface area (Å²) in [7, 11) is 0. The van der Waals surface area contributed by atoms with Gasteiger partial charge in [0.05, 0.1) is 23.4 Å². The minimum absolute atomic E-state index is 0.0206. The predicted octanol–water partition coefficient (Wildman–Crippen LogP) is 4.94. The number of carbonyl (C=O) groups excluding carboxylic acids is 2. The lowest BCUT2D eigenvalue weighted by Gasteiger charge is -2.22. The van der Waals surface area contributed by atoms with Crippen molar-refractivity contribution in [1.29, 1.82) is 0 Å². The first-order valence-corrected chi connectivity index (χ1v) is 11.1. The number of rotatable bonds is 9. The smallest absolute Gasteiger partial charge is 0.305 e. The van der Waals surface area contributed by atoms with Crippen LogP contribution in [0.3, 0.4) is 0 Å². The molecule has 0 bridgehead atoms. The van der Waals surface area contributed by atoms with Crippen molar-refractivity contribution in [1.82, 2.24) is 0 Å².